The van der Waals surface area contributed by atoms with E-state index in [-0.39, 0.29) is 11.9 Å². The third-order valence-corrected chi connectivity index (χ3v) is 3.61. The molecule has 1 rings (SSSR count). The number of hydrogen-bond acceptors (Lipinski definition) is 2. The minimum absolute atomic E-state index is 0.0838. The average Bonchev–Trinajstić information content (AvgIpc) is 2.81. The lowest BCUT2D eigenvalue weighted by atomic mass is 10.2. The fourth-order valence-electron chi connectivity index (χ4n) is 2.05. The highest BCUT2D eigenvalue weighted by atomic mass is 32.1. The van der Waals surface area contributed by atoms with Crippen LogP contribution < -0.4 is 16.0 Å². The van der Waals surface area contributed by atoms with Gasteiger partial charge in [-0.15, -0.1) is 0 Å². The van der Waals surface area contributed by atoms with E-state index in [4.69, 9.17) is 12.2 Å². The monoisotopic (exact) mass is 271 g/mol. The fraction of sp³-hybridized carbons (Fsp3) is 0.846. The first kappa shape index (κ1) is 15.2. The van der Waals surface area contributed by atoms with Crippen LogP contribution >= 0.6 is 12.2 Å². The zero-order valence-corrected chi connectivity index (χ0v) is 12.2. The summed E-state index contributed by atoms with van der Waals surface area (Å²) in [5, 5.41) is 10.00. The molecule has 1 saturated carbocycles. The normalized spacial score (nSPS) is 17.2. The Labute approximate surface area is 115 Å². The first-order valence-electron chi connectivity index (χ1n) is 6.95. The van der Waals surface area contributed by atoms with Crippen molar-refractivity contribution in [1.82, 2.24) is 16.0 Å². The molecule has 0 aromatic rings. The summed E-state index contributed by atoms with van der Waals surface area (Å²) in [5.41, 5.74) is 0. The molecule has 0 aromatic heterocycles. The number of hydrogen-bond donors (Lipinski definition) is 3. The van der Waals surface area contributed by atoms with Crippen molar-refractivity contribution in [3.63, 3.8) is 0 Å². The Hall–Kier alpha value is -0.840. The lowest BCUT2D eigenvalue weighted by Gasteiger charge is -2.16. The predicted octanol–water partition coefficient (Wildman–Crippen LogP) is 1.70. The van der Waals surface area contributed by atoms with E-state index in [2.05, 4.69) is 22.9 Å². The maximum Gasteiger partial charge on any atom is 0.221 e. The summed E-state index contributed by atoms with van der Waals surface area (Å²) in [6.45, 7) is 4.67. The van der Waals surface area contributed by atoms with E-state index in [0.29, 0.717) is 24.1 Å². The molecule has 0 bridgehead atoms. The molecule has 3 N–H and O–H groups in total. The van der Waals surface area contributed by atoms with Gasteiger partial charge in [0.15, 0.2) is 5.11 Å². The summed E-state index contributed by atoms with van der Waals surface area (Å²) in [4.78, 5) is 11.5. The maximum absolute atomic E-state index is 11.5. The lowest BCUT2D eigenvalue weighted by Crippen LogP contribution is -2.42. The van der Waals surface area contributed by atoms with Gasteiger partial charge in [-0.3, -0.25) is 4.79 Å². The highest BCUT2D eigenvalue weighted by molar-refractivity contribution is 7.80. The number of rotatable bonds is 6. The summed E-state index contributed by atoms with van der Waals surface area (Å²) < 4.78 is 0. The number of carbonyl (C=O) groups excluding carboxylic acids is 1. The lowest BCUT2D eigenvalue weighted by molar-refractivity contribution is -0.121. The van der Waals surface area contributed by atoms with Crippen LogP contribution in [-0.2, 0) is 4.79 Å². The van der Waals surface area contributed by atoms with Crippen LogP contribution in [0, 0.1) is 0 Å². The van der Waals surface area contributed by atoms with Crippen molar-refractivity contribution in [2.24, 2.45) is 0 Å². The van der Waals surface area contributed by atoms with Gasteiger partial charge in [-0.05, 0) is 38.4 Å². The molecule has 0 radical (unpaired) electrons. The van der Waals surface area contributed by atoms with E-state index in [1.165, 1.54) is 25.7 Å². The smallest absolute Gasteiger partial charge is 0.221 e. The molecule has 0 saturated heterocycles. The van der Waals surface area contributed by atoms with Crippen LogP contribution in [0.25, 0.3) is 0 Å². The zero-order valence-electron chi connectivity index (χ0n) is 11.4. The Morgan fingerprint density at radius 2 is 2.06 bits per heavy atom. The van der Waals surface area contributed by atoms with E-state index >= 15 is 0 Å². The van der Waals surface area contributed by atoms with Crippen LogP contribution in [0.4, 0.5) is 0 Å². The second-order valence-corrected chi connectivity index (χ2v) is 5.42. The molecule has 0 spiro atoms. The molecule has 0 aromatic carbocycles. The molecule has 1 atom stereocenters. The van der Waals surface area contributed by atoms with Crippen LogP contribution in [0.5, 0.6) is 0 Å². The van der Waals surface area contributed by atoms with Crippen LogP contribution in [0.1, 0.15) is 52.4 Å². The van der Waals surface area contributed by atoms with E-state index in [9.17, 15) is 4.79 Å². The van der Waals surface area contributed by atoms with Gasteiger partial charge in [-0.1, -0.05) is 19.8 Å². The Morgan fingerprint density at radius 1 is 1.39 bits per heavy atom. The van der Waals surface area contributed by atoms with Gasteiger partial charge in [0.2, 0.25) is 5.91 Å². The molecule has 4 nitrogen and oxygen atoms in total. The van der Waals surface area contributed by atoms with E-state index in [1.54, 1.807) is 0 Å². The predicted molar refractivity (Wildman–Crippen MR) is 78.5 cm³/mol. The highest BCUT2D eigenvalue weighted by Crippen LogP contribution is 2.17. The summed E-state index contributed by atoms with van der Waals surface area (Å²) >= 11 is 5.20. The van der Waals surface area contributed by atoms with E-state index < -0.39 is 0 Å². The minimum atomic E-state index is 0.0838. The highest BCUT2D eigenvalue weighted by Gasteiger charge is 2.15. The Morgan fingerprint density at radius 3 is 2.67 bits per heavy atom. The maximum atomic E-state index is 11.5. The quantitative estimate of drug-likeness (QED) is 0.644. The molecule has 1 aliphatic rings. The fourth-order valence-corrected chi connectivity index (χ4v) is 2.31. The van der Waals surface area contributed by atoms with Gasteiger partial charge < -0.3 is 16.0 Å². The van der Waals surface area contributed by atoms with Crippen molar-refractivity contribution < 1.29 is 4.79 Å². The topological polar surface area (TPSA) is 53.2 Å². The summed E-state index contributed by atoms with van der Waals surface area (Å²) in [6.07, 6.45) is 6.42. The molecule has 1 unspecified atom stereocenters. The SMILES string of the molecule is CCC(C)NC(=O)CCNC(=S)NC1CCCC1. The standard InChI is InChI=1S/C13H25N3OS/c1-3-10(2)15-12(17)8-9-14-13(18)16-11-6-4-5-7-11/h10-11H,3-9H2,1-2H3,(H,15,17)(H2,14,16,18). The first-order chi connectivity index (χ1) is 8.61. The Bertz CT molecular complexity index is 277. The summed E-state index contributed by atoms with van der Waals surface area (Å²) in [6, 6.07) is 0.778. The van der Waals surface area contributed by atoms with Crippen LogP contribution in [0.2, 0.25) is 0 Å². The van der Waals surface area contributed by atoms with Gasteiger partial charge in [-0.2, -0.15) is 0 Å². The molecule has 1 amide bonds. The summed E-state index contributed by atoms with van der Waals surface area (Å²) in [5.74, 6) is 0.0838. The van der Waals surface area contributed by atoms with Crippen molar-refractivity contribution >= 4 is 23.2 Å². The van der Waals surface area contributed by atoms with Crippen LogP contribution in [-0.4, -0.2) is 29.6 Å². The number of carbonyl (C=O) groups is 1. The van der Waals surface area contributed by atoms with Crippen molar-refractivity contribution in [3.05, 3.63) is 0 Å². The Kier molecular flexibility index (Phi) is 7.01. The third kappa shape index (κ3) is 6.19. The number of thiocarbonyl (C=S) groups is 1. The van der Waals surface area contributed by atoms with Crippen LogP contribution in [0.3, 0.4) is 0 Å². The second-order valence-electron chi connectivity index (χ2n) is 5.01. The molecule has 1 aliphatic carbocycles. The Balaban J connectivity index is 2.05. The van der Waals surface area contributed by atoms with Gasteiger partial charge >= 0.3 is 0 Å². The van der Waals surface area contributed by atoms with E-state index in [1.807, 2.05) is 6.92 Å². The molecule has 0 heterocycles. The van der Waals surface area contributed by atoms with Gasteiger partial charge in [-0.25, -0.2) is 0 Å². The molecule has 0 aliphatic heterocycles. The van der Waals surface area contributed by atoms with Crippen molar-refractivity contribution in [3.8, 4) is 0 Å². The van der Waals surface area contributed by atoms with Crippen LogP contribution in [0.15, 0.2) is 0 Å². The minimum Gasteiger partial charge on any atom is -0.362 e. The molecular weight excluding hydrogens is 246 g/mol. The molecular formula is C13H25N3OS. The summed E-state index contributed by atoms with van der Waals surface area (Å²) in [7, 11) is 0. The number of nitrogens with one attached hydrogen (secondary N) is 3. The van der Waals surface area contributed by atoms with Gasteiger partial charge in [0, 0.05) is 25.0 Å². The van der Waals surface area contributed by atoms with Gasteiger partial charge in [0.05, 0.1) is 0 Å². The van der Waals surface area contributed by atoms with Gasteiger partial charge in [0.1, 0.15) is 0 Å². The average molecular weight is 271 g/mol. The van der Waals surface area contributed by atoms with Crippen molar-refractivity contribution in [2.45, 2.75) is 64.5 Å². The molecule has 1 fully saturated rings. The third-order valence-electron chi connectivity index (χ3n) is 3.35. The number of amides is 1. The van der Waals surface area contributed by atoms with Crippen molar-refractivity contribution in [1.29, 1.82) is 0 Å². The first-order valence-corrected chi connectivity index (χ1v) is 7.36. The molecule has 18 heavy (non-hydrogen) atoms. The molecule has 104 valence electrons. The zero-order chi connectivity index (χ0) is 13.4. The van der Waals surface area contributed by atoms with Crippen molar-refractivity contribution in [2.75, 3.05) is 6.54 Å². The van der Waals surface area contributed by atoms with E-state index in [0.717, 1.165) is 6.42 Å². The molecule has 5 heteroatoms. The largest absolute Gasteiger partial charge is 0.362 e. The van der Waals surface area contributed by atoms with Gasteiger partial charge in [0.25, 0.3) is 0 Å². The second kappa shape index (κ2) is 8.29.